The minimum atomic E-state index is -0.408. The van der Waals surface area contributed by atoms with Crippen LogP contribution in [0, 0.1) is 0 Å². The van der Waals surface area contributed by atoms with Gasteiger partial charge in [0, 0.05) is 13.1 Å². The predicted octanol–water partition coefficient (Wildman–Crippen LogP) is 1.18. The van der Waals surface area contributed by atoms with E-state index in [9.17, 15) is 10.2 Å². The van der Waals surface area contributed by atoms with Gasteiger partial charge in [-0.05, 0) is 25.7 Å². The third-order valence-corrected chi connectivity index (χ3v) is 2.55. The molecule has 0 heterocycles. The van der Waals surface area contributed by atoms with Crippen LogP contribution < -0.4 is 10.6 Å². The van der Waals surface area contributed by atoms with Gasteiger partial charge in [0.25, 0.3) is 0 Å². The predicted molar refractivity (Wildman–Crippen MR) is 67.1 cm³/mol. The van der Waals surface area contributed by atoms with Gasteiger partial charge in [0.15, 0.2) is 0 Å². The van der Waals surface area contributed by atoms with Crippen molar-refractivity contribution in [3.05, 3.63) is 0 Å². The summed E-state index contributed by atoms with van der Waals surface area (Å²) in [5.74, 6) is 0. The summed E-state index contributed by atoms with van der Waals surface area (Å²) < 4.78 is 0. The smallest absolute Gasteiger partial charge is 0.104 e. The summed E-state index contributed by atoms with van der Waals surface area (Å²) in [6.45, 7) is 5.60. The molecule has 0 rings (SSSR count). The molecule has 0 saturated carbocycles. The van der Waals surface area contributed by atoms with Crippen LogP contribution in [0.15, 0.2) is 0 Å². The number of rotatable bonds is 11. The van der Waals surface area contributed by atoms with E-state index in [0.717, 1.165) is 38.5 Å². The van der Waals surface area contributed by atoms with Crippen LogP contribution in [0.2, 0.25) is 0 Å². The van der Waals surface area contributed by atoms with Crippen LogP contribution in [-0.4, -0.2) is 35.8 Å². The summed E-state index contributed by atoms with van der Waals surface area (Å²) >= 11 is 0. The molecule has 0 aromatic carbocycles. The van der Waals surface area contributed by atoms with Gasteiger partial charge in [0.1, 0.15) is 12.5 Å². The van der Waals surface area contributed by atoms with Crippen molar-refractivity contribution in [2.75, 3.05) is 13.1 Å². The Morgan fingerprint density at radius 3 is 1.50 bits per heavy atom. The second kappa shape index (κ2) is 11.3. The third-order valence-electron chi connectivity index (χ3n) is 2.55. The van der Waals surface area contributed by atoms with Crippen molar-refractivity contribution in [1.82, 2.24) is 10.6 Å². The minimum absolute atomic E-state index is 0.408. The lowest BCUT2D eigenvalue weighted by Crippen LogP contribution is -2.38. The molecule has 2 atom stereocenters. The molecule has 4 heteroatoms. The Labute approximate surface area is 99.4 Å². The van der Waals surface area contributed by atoms with Crippen LogP contribution in [0.25, 0.3) is 0 Å². The molecule has 0 amide bonds. The first-order valence-corrected chi connectivity index (χ1v) is 6.53. The van der Waals surface area contributed by atoms with Crippen molar-refractivity contribution in [2.45, 2.75) is 64.8 Å². The van der Waals surface area contributed by atoms with E-state index in [4.69, 9.17) is 0 Å². The van der Waals surface area contributed by atoms with Gasteiger partial charge in [-0.1, -0.05) is 26.7 Å². The quantitative estimate of drug-likeness (QED) is 0.319. The van der Waals surface area contributed by atoms with Crippen LogP contribution in [0.5, 0.6) is 0 Å². The van der Waals surface area contributed by atoms with Crippen molar-refractivity contribution in [3.63, 3.8) is 0 Å². The first-order valence-electron chi connectivity index (χ1n) is 6.53. The Bertz CT molecular complexity index is 129. The highest BCUT2D eigenvalue weighted by atomic mass is 16.3. The molecule has 4 nitrogen and oxygen atoms in total. The number of aliphatic hydroxyl groups excluding tert-OH is 2. The van der Waals surface area contributed by atoms with E-state index in [1.165, 1.54) is 0 Å². The maximum absolute atomic E-state index is 9.49. The third kappa shape index (κ3) is 10.4. The first kappa shape index (κ1) is 15.8. The molecule has 0 fully saturated rings. The standard InChI is InChI=1S/C12H28N2O2/c1-3-5-7-11(15)13-9-10-14-12(16)8-6-4-2/h11-16H,3-10H2,1-2H3. The Hall–Kier alpha value is -0.160. The van der Waals surface area contributed by atoms with Gasteiger partial charge >= 0.3 is 0 Å². The van der Waals surface area contributed by atoms with Crippen LogP contribution in [0.1, 0.15) is 52.4 Å². The van der Waals surface area contributed by atoms with E-state index in [-0.39, 0.29) is 0 Å². The molecule has 0 spiro atoms. The molecule has 0 aliphatic heterocycles. The Morgan fingerprint density at radius 2 is 1.19 bits per heavy atom. The van der Waals surface area contributed by atoms with Crippen LogP contribution in [0.4, 0.5) is 0 Å². The maximum atomic E-state index is 9.49. The molecule has 16 heavy (non-hydrogen) atoms. The topological polar surface area (TPSA) is 64.5 Å². The first-order chi connectivity index (χ1) is 7.70. The molecule has 0 aliphatic rings. The number of hydrogen-bond donors (Lipinski definition) is 4. The van der Waals surface area contributed by atoms with E-state index in [1.54, 1.807) is 0 Å². The van der Waals surface area contributed by atoms with E-state index < -0.39 is 12.5 Å². The molecule has 0 saturated heterocycles. The van der Waals surface area contributed by atoms with Gasteiger partial charge in [-0.25, -0.2) is 0 Å². The van der Waals surface area contributed by atoms with Gasteiger partial charge in [-0.3, -0.25) is 10.6 Å². The van der Waals surface area contributed by atoms with Crippen LogP contribution in [0.3, 0.4) is 0 Å². The van der Waals surface area contributed by atoms with Crippen LogP contribution in [-0.2, 0) is 0 Å². The number of hydrogen-bond acceptors (Lipinski definition) is 4. The molecule has 0 aromatic rings. The minimum Gasteiger partial charge on any atom is -0.379 e. The molecule has 2 unspecified atom stereocenters. The molecular formula is C12H28N2O2. The van der Waals surface area contributed by atoms with Crippen molar-refractivity contribution in [1.29, 1.82) is 0 Å². The van der Waals surface area contributed by atoms with E-state index in [1.807, 2.05) is 0 Å². The highest BCUT2D eigenvalue weighted by Gasteiger charge is 2.03. The normalized spacial score (nSPS) is 15.0. The molecule has 0 aliphatic carbocycles. The van der Waals surface area contributed by atoms with Gasteiger partial charge in [0.2, 0.25) is 0 Å². The van der Waals surface area contributed by atoms with E-state index in [0.29, 0.717) is 13.1 Å². The summed E-state index contributed by atoms with van der Waals surface area (Å²) in [4.78, 5) is 0. The van der Waals surface area contributed by atoms with Crippen molar-refractivity contribution in [3.8, 4) is 0 Å². The molecule has 4 N–H and O–H groups in total. The second-order valence-corrected chi connectivity index (χ2v) is 4.22. The lowest BCUT2D eigenvalue weighted by Gasteiger charge is -2.15. The fraction of sp³-hybridized carbons (Fsp3) is 1.00. The molecule has 0 aromatic heterocycles. The lowest BCUT2D eigenvalue weighted by molar-refractivity contribution is 0.110. The summed E-state index contributed by atoms with van der Waals surface area (Å²) in [6, 6.07) is 0. The number of aliphatic hydroxyl groups is 2. The Morgan fingerprint density at radius 1 is 0.812 bits per heavy atom. The number of nitrogens with one attached hydrogen (secondary N) is 2. The molecule has 98 valence electrons. The van der Waals surface area contributed by atoms with Gasteiger partial charge < -0.3 is 10.2 Å². The molecule has 0 radical (unpaired) electrons. The monoisotopic (exact) mass is 232 g/mol. The Balaban J connectivity index is 3.24. The van der Waals surface area contributed by atoms with Crippen molar-refractivity contribution in [2.24, 2.45) is 0 Å². The molecule has 0 bridgehead atoms. The highest BCUT2D eigenvalue weighted by molar-refractivity contribution is 4.58. The molecular weight excluding hydrogens is 204 g/mol. The Kier molecular flexibility index (Phi) is 11.2. The zero-order valence-corrected chi connectivity index (χ0v) is 10.7. The zero-order valence-electron chi connectivity index (χ0n) is 10.7. The van der Waals surface area contributed by atoms with Gasteiger partial charge in [0.05, 0.1) is 0 Å². The summed E-state index contributed by atoms with van der Waals surface area (Å²) in [5.41, 5.74) is 0. The fourth-order valence-corrected chi connectivity index (χ4v) is 1.48. The lowest BCUT2D eigenvalue weighted by atomic mass is 10.2. The zero-order chi connectivity index (χ0) is 12.2. The van der Waals surface area contributed by atoms with Gasteiger partial charge in [-0.2, -0.15) is 0 Å². The highest BCUT2D eigenvalue weighted by Crippen LogP contribution is 1.97. The van der Waals surface area contributed by atoms with E-state index in [2.05, 4.69) is 24.5 Å². The average molecular weight is 232 g/mol. The fourth-order valence-electron chi connectivity index (χ4n) is 1.48. The van der Waals surface area contributed by atoms with E-state index >= 15 is 0 Å². The second-order valence-electron chi connectivity index (χ2n) is 4.22. The average Bonchev–Trinajstić information content (AvgIpc) is 2.29. The van der Waals surface area contributed by atoms with Crippen LogP contribution >= 0.6 is 0 Å². The van der Waals surface area contributed by atoms with Gasteiger partial charge in [-0.15, -0.1) is 0 Å². The largest absolute Gasteiger partial charge is 0.379 e. The summed E-state index contributed by atoms with van der Waals surface area (Å²) in [6.07, 6.45) is 5.08. The van der Waals surface area contributed by atoms with Crippen molar-refractivity contribution < 1.29 is 10.2 Å². The number of unbranched alkanes of at least 4 members (excludes halogenated alkanes) is 2. The summed E-state index contributed by atoms with van der Waals surface area (Å²) in [7, 11) is 0. The SMILES string of the molecule is CCCCC(O)NCCNC(O)CCCC. The summed E-state index contributed by atoms with van der Waals surface area (Å²) in [5, 5.41) is 25.0. The maximum Gasteiger partial charge on any atom is 0.104 e. The van der Waals surface area contributed by atoms with Crippen molar-refractivity contribution >= 4 is 0 Å².